The highest BCUT2D eigenvalue weighted by Gasteiger charge is 2.24. The molecule has 0 radical (unpaired) electrons. The quantitative estimate of drug-likeness (QED) is 0.781. The number of thiophene rings is 1. The lowest BCUT2D eigenvalue weighted by molar-refractivity contribution is -0.137. The van der Waals surface area contributed by atoms with Crippen LogP contribution in [0.2, 0.25) is 0 Å². The summed E-state index contributed by atoms with van der Waals surface area (Å²) in [6.07, 6.45) is 0.777. The molecule has 0 unspecified atom stereocenters. The van der Waals surface area contributed by atoms with Crippen LogP contribution in [0.5, 0.6) is 11.5 Å². The second kappa shape index (κ2) is 8.41. The summed E-state index contributed by atoms with van der Waals surface area (Å²) in [5.41, 5.74) is 1.73. The normalized spacial score (nSPS) is 13.0. The Hall–Kier alpha value is -2.58. The molecule has 0 bridgehead atoms. The Kier molecular flexibility index (Phi) is 5.98. The SMILES string of the molecule is COc1cc(CN(CC(=O)O)C(=O)c2cc3c(s2)CCOC3)cc(OC)c1. The van der Waals surface area contributed by atoms with Gasteiger partial charge in [0.2, 0.25) is 0 Å². The number of hydrogen-bond acceptors (Lipinski definition) is 6. The van der Waals surface area contributed by atoms with Crippen LogP contribution >= 0.6 is 11.3 Å². The van der Waals surface area contributed by atoms with E-state index in [2.05, 4.69) is 0 Å². The Morgan fingerprint density at radius 2 is 1.89 bits per heavy atom. The first-order valence-corrected chi connectivity index (χ1v) is 9.24. The lowest BCUT2D eigenvalue weighted by Gasteiger charge is -2.21. The molecule has 1 aliphatic heterocycles. The standard InChI is InChI=1S/C19H21NO6S/c1-24-14-5-12(6-15(8-14)25-2)9-20(10-18(21)22)19(23)17-7-13-11-26-4-3-16(13)27-17/h5-8H,3-4,9-11H2,1-2H3,(H,21,22). The zero-order valence-corrected chi connectivity index (χ0v) is 16.0. The molecule has 3 rings (SSSR count). The van der Waals surface area contributed by atoms with Gasteiger partial charge in [0.05, 0.1) is 32.3 Å². The number of carboxylic acids is 1. The van der Waals surface area contributed by atoms with E-state index in [-0.39, 0.29) is 12.5 Å². The number of carbonyl (C=O) groups is 2. The van der Waals surface area contributed by atoms with Crippen molar-refractivity contribution in [3.63, 3.8) is 0 Å². The minimum atomic E-state index is -1.07. The zero-order valence-electron chi connectivity index (χ0n) is 15.2. The van der Waals surface area contributed by atoms with Gasteiger partial charge in [0.15, 0.2) is 0 Å². The molecule has 1 amide bonds. The molecule has 27 heavy (non-hydrogen) atoms. The van der Waals surface area contributed by atoms with Gasteiger partial charge in [-0.05, 0) is 29.3 Å². The largest absolute Gasteiger partial charge is 0.497 e. The summed E-state index contributed by atoms with van der Waals surface area (Å²) in [5.74, 6) is -0.215. The molecule has 1 aromatic carbocycles. The smallest absolute Gasteiger partial charge is 0.323 e. The van der Waals surface area contributed by atoms with Crippen LogP contribution < -0.4 is 9.47 Å². The summed E-state index contributed by atoms with van der Waals surface area (Å²) in [5, 5.41) is 9.26. The molecular formula is C19H21NO6S. The average Bonchev–Trinajstić information content (AvgIpc) is 3.10. The van der Waals surface area contributed by atoms with Crippen LogP contribution in [-0.2, 0) is 29.1 Å². The molecule has 8 heteroatoms. The fraction of sp³-hybridized carbons (Fsp3) is 0.368. The molecular weight excluding hydrogens is 370 g/mol. The molecule has 0 atom stereocenters. The third-order valence-corrected chi connectivity index (χ3v) is 5.46. The van der Waals surface area contributed by atoms with Gasteiger partial charge in [-0.3, -0.25) is 9.59 Å². The number of carboxylic acid groups (broad SMARTS) is 1. The van der Waals surface area contributed by atoms with Crippen molar-refractivity contribution < 1.29 is 28.9 Å². The number of amides is 1. The lowest BCUT2D eigenvalue weighted by Crippen LogP contribution is -2.34. The van der Waals surface area contributed by atoms with E-state index < -0.39 is 12.5 Å². The molecule has 2 heterocycles. The number of rotatable bonds is 7. The number of nitrogens with zero attached hydrogens (tertiary/aromatic N) is 1. The monoisotopic (exact) mass is 391 g/mol. The zero-order chi connectivity index (χ0) is 19.4. The summed E-state index contributed by atoms with van der Waals surface area (Å²) < 4.78 is 15.9. The number of benzene rings is 1. The van der Waals surface area contributed by atoms with Gasteiger partial charge in [0.1, 0.15) is 18.0 Å². The molecule has 2 aromatic rings. The van der Waals surface area contributed by atoms with Crippen molar-refractivity contribution in [2.24, 2.45) is 0 Å². The highest BCUT2D eigenvalue weighted by Crippen LogP contribution is 2.29. The molecule has 0 saturated heterocycles. The van der Waals surface area contributed by atoms with Gasteiger partial charge in [0.25, 0.3) is 5.91 Å². The van der Waals surface area contributed by atoms with Gasteiger partial charge in [-0.1, -0.05) is 0 Å². The lowest BCUT2D eigenvalue weighted by atomic mass is 10.1. The van der Waals surface area contributed by atoms with E-state index >= 15 is 0 Å². The third-order valence-electron chi connectivity index (χ3n) is 4.24. The molecule has 1 aromatic heterocycles. The van der Waals surface area contributed by atoms with Crippen molar-refractivity contribution >= 4 is 23.2 Å². The van der Waals surface area contributed by atoms with Gasteiger partial charge < -0.3 is 24.2 Å². The Bertz CT molecular complexity index is 801. The van der Waals surface area contributed by atoms with Crippen LogP contribution in [0.15, 0.2) is 24.3 Å². The van der Waals surface area contributed by atoms with Gasteiger partial charge in [0, 0.05) is 23.9 Å². The van der Waals surface area contributed by atoms with Gasteiger partial charge >= 0.3 is 5.97 Å². The molecule has 1 aliphatic rings. The molecule has 7 nitrogen and oxygen atoms in total. The minimum Gasteiger partial charge on any atom is -0.497 e. The Morgan fingerprint density at radius 1 is 1.19 bits per heavy atom. The van der Waals surface area contributed by atoms with E-state index in [1.165, 1.54) is 30.5 Å². The number of carbonyl (C=O) groups excluding carboxylic acids is 1. The first kappa shape index (κ1) is 19.2. The second-order valence-electron chi connectivity index (χ2n) is 6.14. The maximum absolute atomic E-state index is 13.0. The molecule has 0 spiro atoms. The predicted molar refractivity (Wildman–Crippen MR) is 99.6 cm³/mol. The third kappa shape index (κ3) is 4.58. The van der Waals surface area contributed by atoms with Crippen molar-refractivity contribution in [3.8, 4) is 11.5 Å². The van der Waals surface area contributed by atoms with Gasteiger partial charge in [-0.15, -0.1) is 11.3 Å². The van der Waals surface area contributed by atoms with Gasteiger partial charge in [-0.25, -0.2) is 0 Å². The Balaban J connectivity index is 1.86. The van der Waals surface area contributed by atoms with Crippen LogP contribution in [0.3, 0.4) is 0 Å². The number of ether oxygens (including phenoxy) is 3. The number of fused-ring (bicyclic) bond motifs is 1. The molecule has 1 N–H and O–H groups in total. The highest BCUT2D eigenvalue weighted by atomic mass is 32.1. The van der Waals surface area contributed by atoms with Crippen molar-refractivity contribution in [1.29, 1.82) is 0 Å². The number of methoxy groups -OCH3 is 2. The first-order valence-electron chi connectivity index (χ1n) is 8.42. The first-order chi connectivity index (χ1) is 13.0. The van der Waals surface area contributed by atoms with Crippen molar-refractivity contribution in [2.75, 3.05) is 27.4 Å². The second-order valence-corrected chi connectivity index (χ2v) is 7.27. The highest BCUT2D eigenvalue weighted by molar-refractivity contribution is 7.14. The van der Waals surface area contributed by atoms with Crippen LogP contribution in [0, 0.1) is 0 Å². The van der Waals surface area contributed by atoms with E-state index in [1.54, 1.807) is 18.2 Å². The topological polar surface area (TPSA) is 85.3 Å². The Labute approximate surface area is 161 Å². The fourth-order valence-corrected chi connectivity index (χ4v) is 4.07. The maximum Gasteiger partial charge on any atom is 0.323 e. The van der Waals surface area contributed by atoms with Crippen molar-refractivity contribution in [2.45, 2.75) is 19.6 Å². The fourth-order valence-electron chi connectivity index (χ4n) is 2.95. The number of aliphatic carboxylic acids is 1. The van der Waals surface area contributed by atoms with Crippen LogP contribution in [0.4, 0.5) is 0 Å². The van der Waals surface area contributed by atoms with Crippen molar-refractivity contribution in [3.05, 3.63) is 45.1 Å². The molecule has 0 saturated carbocycles. The average molecular weight is 391 g/mol. The van der Waals surface area contributed by atoms with E-state index in [0.29, 0.717) is 29.6 Å². The van der Waals surface area contributed by atoms with Crippen molar-refractivity contribution in [1.82, 2.24) is 4.90 Å². The summed E-state index contributed by atoms with van der Waals surface area (Å²) in [4.78, 5) is 27.3. The van der Waals surface area contributed by atoms with E-state index in [1.807, 2.05) is 6.07 Å². The van der Waals surface area contributed by atoms with E-state index in [4.69, 9.17) is 14.2 Å². The van der Waals surface area contributed by atoms with Crippen LogP contribution in [0.25, 0.3) is 0 Å². The summed E-state index contributed by atoms with van der Waals surface area (Å²) in [6.45, 7) is 0.879. The van der Waals surface area contributed by atoms with E-state index in [9.17, 15) is 14.7 Å². The summed E-state index contributed by atoms with van der Waals surface area (Å²) >= 11 is 1.41. The molecule has 144 valence electrons. The van der Waals surface area contributed by atoms with Crippen LogP contribution in [0.1, 0.15) is 25.7 Å². The van der Waals surface area contributed by atoms with Crippen LogP contribution in [-0.4, -0.2) is 49.3 Å². The summed E-state index contributed by atoms with van der Waals surface area (Å²) in [7, 11) is 3.08. The number of hydrogen-bond donors (Lipinski definition) is 1. The molecule has 0 aliphatic carbocycles. The predicted octanol–water partition coefficient (Wildman–Crippen LogP) is 2.57. The van der Waals surface area contributed by atoms with E-state index in [0.717, 1.165) is 22.4 Å². The summed E-state index contributed by atoms with van der Waals surface area (Å²) in [6, 6.07) is 7.05. The Morgan fingerprint density at radius 3 is 2.48 bits per heavy atom. The minimum absolute atomic E-state index is 0.137. The maximum atomic E-state index is 13.0. The van der Waals surface area contributed by atoms with Gasteiger partial charge in [-0.2, -0.15) is 0 Å². The molecule has 0 fully saturated rings.